The first-order valence-electron chi connectivity index (χ1n) is 12.5. The maximum absolute atomic E-state index is 13.1. The average molecular weight is 486 g/mol. The van der Waals surface area contributed by atoms with Crippen molar-refractivity contribution < 1.29 is 19.0 Å². The lowest BCUT2D eigenvalue weighted by Gasteiger charge is -2.20. The van der Waals surface area contributed by atoms with Gasteiger partial charge in [0.05, 0.1) is 36.5 Å². The van der Waals surface area contributed by atoms with Crippen LogP contribution in [0.15, 0.2) is 72.8 Å². The van der Waals surface area contributed by atoms with Gasteiger partial charge in [-0.25, -0.2) is 4.98 Å². The van der Waals surface area contributed by atoms with Crippen LogP contribution in [0.3, 0.4) is 0 Å². The fourth-order valence-electron chi connectivity index (χ4n) is 4.80. The normalized spacial score (nSPS) is 15.4. The van der Waals surface area contributed by atoms with E-state index in [2.05, 4.69) is 10.6 Å². The molecule has 0 N–H and O–H groups in total. The number of carbonyl (C=O) groups is 1. The summed E-state index contributed by atoms with van der Waals surface area (Å²) in [5.74, 6) is 3.13. The minimum atomic E-state index is -0.0321. The van der Waals surface area contributed by atoms with Gasteiger partial charge in [-0.1, -0.05) is 36.4 Å². The number of carbonyl (C=O) groups excluding carboxylic acids is 1. The molecule has 0 saturated carbocycles. The number of anilines is 1. The van der Waals surface area contributed by atoms with Crippen LogP contribution in [-0.2, 0) is 11.3 Å². The molecule has 1 unspecified atom stereocenters. The molecular weight excluding hydrogens is 454 g/mol. The van der Waals surface area contributed by atoms with Gasteiger partial charge in [-0.05, 0) is 50.2 Å². The summed E-state index contributed by atoms with van der Waals surface area (Å²) in [6.07, 6.45) is 0.401. The lowest BCUT2D eigenvalue weighted by atomic mass is 10.1. The minimum absolute atomic E-state index is 0.0321. The number of ether oxygens (including phenoxy) is 3. The summed E-state index contributed by atoms with van der Waals surface area (Å²) in [5.41, 5.74) is 2.77. The van der Waals surface area contributed by atoms with Crippen molar-refractivity contribution in [2.24, 2.45) is 0 Å². The molecule has 36 heavy (non-hydrogen) atoms. The quantitative estimate of drug-likeness (QED) is 0.300. The molecule has 7 nitrogen and oxygen atoms in total. The number of aromatic nitrogens is 2. The van der Waals surface area contributed by atoms with E-state index in [-0.39, 0.29) is 11.8 Å². The molecule has 2 heterocycles. The van der Waals surface area contributed by atoms with Gasteiger partial charge < -0.3 is 23.7 Å². The molecule has 5 rings (SSSR count). The van der Waals surface area contributed by atoms with Gasteiger partial charge in [0.25, 0.3) is 0 Å². The van der Waals surface area contributed by atoms with Crippen LogP contribution in [0.25, 0.3) is 11.0 Å². The van der Waals surface area contributed by atoms with Crippen LogP contribution in [0.5, 0.6) is 17.2 Å². The Labute approximate surface area is 211 Å². The third kappa shape index (κ3) is 4.73. The molecule has 3 aromatic carbocycles. The molecule has 1 aliphatic rings. The Balaban J connectivity index is 1.40. The van der Waals surface area contributed by atoms with Crippen molar-refractivity contribution in [2.45, 2.75) is 32.7 Å². The molecule has 1 atom stereocenters. The number of nitrogens with zero attached hydrogens (tertiary/aromatic N) is 3. The van der Waals surface area contributed by atoms with Crippen LogP contribution >= 0.6 is 0 Å². The second kappa shape index (κ2) is 10.7. The van der Waals surface area contributed by atoms with Crippen LogP contribution in [0.2, 0.25) is 0 Å². The highest BCUT2D eigenvalue weighted by Crippen LogP contribution is 2.37. The molecule has 1 aliphatic heterocycles. The Morgan fingerprint density at radius 2 is 1.47 bits per heavy atom. The number of amides is 1. The van der Waals surface area contributed by atoms with E-state index in [1.54, 1.807) is 0 Å². The highest BCUT2D eigenvalue weighted by atomic mass is 16.5. The molecule has 186 valence electrons. The van der Waals surface area contributed by atoms with E-state index >= 15 is 0 Å². The smallest absolute Gasteiger partial charge is 0.227 e. The minimum Gasteiger partial charge on any atom is -0.492 e. The summed E-state index contributed by atoms with van der Waals surface area (Å²) in [5, 5.41) is 0. The predicted molar refractivity (Wildman–Crippen MR) is 140 cm³/mol. The number of hydrogen-bond donors (Lipinski definition) is 0. The Morgan fingerprint density at radius 1 is 0.833 bits per heavy atom. The molecular formula is C29H31N3O4. The molecule has 1 aromatic heterocycles. The summed E-state index contributed by atoms with van der Waals surface area (Å²) in [6.45, 7) is 6.65. The van der Waals surface area contributed by atoms with Crippen molar-refractivity contribution in [1.29, 1.82) is 0 Å². The van der Waals surface area contributed by atoms with Crippen LogP contribution in [0.1, 0.15) is 32.0 Å². The van der Waals surface area contributed by atoms with Gasteiger partial charge in [-0.2, -0.15) is 0 Å². The topological polar surface area (TPSA) is 65.8 Å². The van der Waals surface area contributed by atoms with Gasteiger partial charge in [-0.3, -0.25) is 4.79 Å². The van der Waals surface area contributed by atoms with E-state index in [9.17, 15) is 4.79 Å². The molecule has 0 radical (unpaired) electrons. The van der Waals surface area contributed by atoms with E-state index in [1.807, 2.05) is 85.5 Å². The van der Waals surface area contributed by atoms with Crippen molar-refractivity contribution in [3.8, 4) is 17.2 Å². The lowest BCUT2D eigenvalue weighted by molar-refractivity contribution is -0.117. The number of fused-ring (bicyclic) bond motifs is 1. The van der Waals surface area contributed by atoms with E-state index in [1.165, 1.54) is 0 Å². The van der Waals surface area contributed by atoms with Crippen LogP contribution < -0.4 is 19.1 Å². The van der Waals surface area contributed by atoms with E-state index < -0.39 is 0 Å². The highest BCUT2D eigenvalue weighted by Gasteiger charge is 2.36. The standard InChI is InChI=1S/C29H31N3O4/c1-3-34-25-14-8-7-13-24(25)32-20-21(19-28(32)33)29-30-22-11-5-6-12-23(22)31(29)17-18-36-27-16-10-9-15-26(27)35-4-2/h5-16,21H,3-4,17-20H2,1-2H3. The van der Waals surface area contributed by atoms with E-state index in [0.717, 1.165) is 39.8 Å². The number of hydrogen-bond acceptors (Lipinski definition) is 5. The molecule has 7 heteroatoms. The SMILES string of the molecule is CCOc1ccccc1OCCn1c(C2CC(=O)N(c3ccccc3OCC)C2)nc2ccccc21. The first-order valence-corrected chi connectivity index (χ1v) is 12.5. The van der Waals surface area contributed by atoms with Crippen LogP contribution in [-0.4, -0.2) is 41.8 Å². The average Bonchev–Trinajstić information content (AvgIpc) is 3.46. The number of para-hydroxylation sites is 6. The molecule has 4 aromatic rings. The summed E-state index contributed by atoms with van der Waals surface area (Å²) < 4.78 is 19.8. The highest BCUT2D eigenvalue weighted by molar-refractivity contribution is 5.97. The fraction of sp³-hybridized carbons (Fsp3) is 0.310. The largest absolute Gasteiger partial charge is 0.492 e. The summed E-state index contributed by atoms with van der Waals surface area (Å²) in [6, 6.07) is 23.5. The predicted octanol–water partition coefficient (Wildman–Crippen LogP) is 5.43. The zero-order valence-corrected chi connectivity index (χ0v) is 20.7. The molecule has 0 spiro atoms. The van der Waals surface area contributed by atoms with Crippen molar-refractivity contribution in [3.63, 3.8) is 0 Å². The Morgan fingerprint density at radius 3 is 2.25 bits per heavy atom. The second-order valence-corrected chi connectivity index (χ2v) is 8.64. The van der Waals surface area contributed by atoms with Gasteiger partial charge in [0, 0.05) is 18.9 Å². The maximum atomic E-state index is 13.1. The maximum Gasteiger partial charge on any atom is 0.227 e. The molecule has 1 amide bonds. The number of imidazole rings is 1. The second-order valence-electron chi connectivity index (χ2n) is 8.64. The van der Waals surface area contributed by atoms with Crippen molar-refractivity contribution >= 4 is 22.6 Å². The summed E-state index contributed by atoms with van der Waals surface area (Å²) >= 11 is 0. The molecule has 0 bridgehead atoms. The van der Waals surface area contributed by atoms with Gasteiger partial charge in [-0.15, -0.1) is 0 Å². The number of benzene rings is 3. The number of rotatable bonds is 10. The van der Waals surface area contributed by atoms with Crippen molar-refractivity contribution in [2.75, 3.05) is 31.3 Å². The summed E-state index contributed by atoms with van der Waals surface area (Å²) in [4.78, 5) is 19.9. The van der Waals surface area contributed by atoms with Crippen LogP contribution in [0, 0.1) is 0 Å². The first-order chi connectivity index (χ1) is 17.7. The lowest BCUT2D eigenvalue weighted by Crippen LogP contribution is -2.25. The zero-order valence-electron chi connectivity index (χ0n) is 20.7. The Hall–Kier alpha value is -4.00. The molecule has 1 fully saturated rings. The van der Waals surface area contributed by atoms with Gasteiger partial charge in [0.2, 0.25) is 5.91 Å². The van der Waals surface area contributed by atoms with Crippen molar-refractivity contribution in [1.82, 2.24) is 9.55 Å². The van der Waals surface area contributed by atoms with Gasteiger partial charge in [0.1, 0.15) is 18.2 Å². The zero-order chi connectivity index (χ0) is 24.9. The van der Waals surface area contributed by atoms with E-state index in [0.29, 0.717) is 39.3 Å². The molecule has 0 aliphatic carbocycles. The third-order valence-corrected chi connectivity index (χ3v) is 6.35. The Kier molecular flexibility index (Phi) is 7.07. The van der Waals surface area contributed by atoms with Crippen LogP contribution in [0.4, 0.5) is 5.69 Å². The third-order valence-electron chi connectivity index (χ3n) is 6.35. The molecule has 1 saturated heterocycles. The first kappa shape index (κ1) is 23.7. The van der Waals surface area contributed by atoms with Gasteiger partial charge in [0.15, 0.2) is 11.5 Å². The van der Waals surface area contributed by atoms with E-state index in [4.69, 9.17) is 19.2 Å². The summed E-state index contributed by atoms with van der Waals surface area (Å²) in [7, 11) is 0. The Bertz CT molecular complexity index is 1350. The fourth-order valence-corrected chi connectivity index (χ4v) is 4.80. The van der Waals surface area contributed by atoms with Gasteiger partial charge >= 0.3 is 0 Å². The monoisotopic (exact) mass is 485 g/mol. The van der Waals surface area contributed by atoms with Crippen molar-refractivity contribution in [3.05, 3.63) is 78.6 Å².